The Kier molecular flexibility index (Phi) is 7.21. The van der Waals surface area contributed by atoms with Gasteiger partial charge in [-0.1, -0.05) is 13.3 Å². The molecule has 1 heterocycles. The zero-order valence-electron chi connectivity index (χ0n) is 16.6. The molecule has 0 saturated heterocycles. The number of methoxy groups -OCH3 is 2. The Bertz CT molecular complexity index is 880. The monoisotopic (exact) mass is 392 g/mol. The number of hydrogen-bond acceptors (Lipinski definition) is 5. The minimum atomic E-state index is -3.39. The Hall–Kier alpha value is -2.12. The third-order valence-corrected chi connectivity index (χ3v) is 6.15. The summed E-state index contributed by atoms with van der Waals surface area (Å²) in [5, 5.41) is -0.505. The molecule has 0 aliphatic heterocycles. The molecule has 0 aliphatic carbocycles. The molecule has 0 radical (unpaired) electrons. The van der Waals surface area contributed by atoms with E-state index in [2.05, 4.69) is 16.6 Å². The van der Waals surface area contributed by atoms with E-state index in [0.29, 0.717) is 5.88 Å². The summed E-state index contributed by atoms with van der Waals surface area (Å²) in [5.74, 6) is 1.25. The van der Waals surface area contributed by atoms with Crippen molar-refractivity contribution in [2.45, 2.75) is 45.4 Å². The molecule has 148 valence electrons. The lowest BCUT2D eigenvalue weighted by Gasteiger charge is -2.18. The average molecular weight is 393 g/mol. The maximum Gasteiger partial charge on any atom is 0.221 e. The van der Waals surface area contributed by atoms with E-state index in [9.17, 15) is 8.42 Å². The van der Waals surface area contributed by atoms with Gasteiger partial charge in [0.25, 0.3) is 0 Å². The molecule has 0 bridgehead atoms. The van der Waals surface area contributed by atoms with E-state index < -0.39 is 15.3 Å². The number of benzene rings is 1. The van der Waals surface area contributed by atoms with Crippen molar-refractivity contribution >= 4 is 10.0 Å². The summed E-state index contributed by atoms with van der Waals surface area (Å²) in [5.41, 5.74) is 3.58. The number of aryl methyl sites for hydroxylation is 1. The second-order valence-electron chi connectivity index (χ2n) is 6.55. The lowest BCUT2D eigenvalue weighted by Crippen LogP contribution is -2.30. The van der Waals surface area contributed by atoms with Gasteiger partial charge in [0.15, 0.2) is 0 Å². The number of pyridine rings is 1. The van der Waals surface area contributed by atoms with E-state index in [4.69, 9.17) is 9.47 Å². The van der Waals surface area contributed by atoms with Gasteiger partial charge in [-0.05, 0) is 61.2 Å². The van der Waals surface area contributed by atoms with Crippen molar-refractivity contribution in [3.8, 4) is 22.8 Å². The quantitative estimate of drug-likeness (QED) is 0.706. The summed E-state index contributed by atoms with van der Waals surface area (Å²) in [6, 6.07) is 7.70. The molecule has 0 atom stereocenters. The predicted molar refractivity (Wildman–Crippen MR) is 108 cm³/mol. The Morgan fingerprint density at radius 2 is 1.85 bits per heavy atom. The van der Waals surface area contributed by atoms with E-state index in [-0.39, 0.29) is 6.54 Å². The molecule has 2 rings (SSSR count). The SMILES string of the molecule is CCCc1cc(-c2cccnc2OC)c(CNS(=O)(=O)C(C)C)cc1OC. The molecule has 0 fully saturated rings. The van der Waals surface area contributed by atoms with Crippen LogP contribution in [-0.2, 0) is 23.0 Å². The van der Waals surface area contributed by atoms with Gasteiger partial charge in [0.1, 0.15) is 5.75 Å². The smallest absolute Gasteiger partial charge is 0.221 e. The van der Waals surface area contributed by atoms with Crippen molar-refractivity contribution in [2.24, 2.45) is 0 Å². The van der Waals surface area contributed by atoms with Gasteiger partial charge in [-0.3, -0.25) is 0 Å². The second-order valence-corrected chi connectivity index (χ2v) is 8.87. The van der Waals surface area contributed by atoms with Crippen LogP contribution < -0.4 is 14.2 Å². The number of nitrogens with zero attached hydrogens (tertiary/aromatic N) is 1. The van der Waals surface area contributed by atoms with Crippen LogP contribution >= 0.6 is 0 Å². The highest BCUT2D eigenvalue weighted by Crippen LogP contribution is 2.35. The van der Waals surface area contributed by atoms with Crippen LogP contribution in [0.5, 0.6) is 11.6 Å². The number of aromatic nitrogens is 1. The molecule has 0 unspecified atom stereocenters. The second kappa shape index (κ2) is 9.19. The molecular formula is C20H28N2O4S. The van der Waals surface area contributed by atoms with Crippen LogP contribution in [0.4, 0.5) is 0 Å². The lowest BCUT2D eigenvalue weighted by atomic mass is 9.95. The third kappa shape index (κ3) is 4.99. The van der Waals surface area contributed by atoms with Crippen LogP contribution in [0, 0.1) is 0 Å². The zero-order valence-corrected chi connectivity index (χ0v) is 17.4. The first-order valence-corrected chi connectivity index (χ1v) is 10.6. The molecule has 6 nitrogen and oxygen atoms in total. The number of sulfonamides is 1. The average Bonchev–Trinajstić information content (AvgIpc) is 2.66. The van der Waals surface area contributed by atoms with Crippen molar-refractivity contribution < 1.29 is 17.9 Å². The third-order valence-electron chi connectivity index (χ3n) is 4.36. The van der Waals surface area contributed by atoms with Gasteiger partial charge in [-0.2, -0.15) is 0 Å². The first-order chi connectivity index (χ1) is 12.8. The van der Waals surface area contributed by atoms with Crippen LogP contribution in [0.25, 0.3) is 11.1 Å². The first-order valence-electron chi connectivity index (χ1n) is 9.01. The summed E-state index contributed by atoms with van der Waals surface area (Å²) in [4.78, 5) is 4.28. The maximum absolute atomic E-state index is 12.2. The van der Waals surface area contributed by atoms with E-state index in [1.165, 1.54) is 0 Å². The van der Waals surface area contributed by atoms with Gasteiger partial charge in [-0.15, -0.1) is 0 Å². The fourth-order valence-corrected chi connectivity index (χ4v) is 3.51. The highest BCUT2D eigenvalue weighted by atomic mass is 32.2. The molecule has 1 aromatic heterocycles. The van der Waals surface area contributed by atoms with E-state index >= 15 is 0 Å². The van der Waals surface area contributed by atoms with E-state index in [1.807, 2.05) is 24.3 Å². The van der Waals surface area contributed by atoms with Gasteiger partial charge in [0.05, 0.1) is 19.5 Å². The summed E-state index contributed by atoms with van der Waals surface area (Å²) in [6.45, 7) is 5.57. The number of ether oxygens (including phenoxy) is 2. The molecular weight excluding hydrogens is 364 g/mol. The fraction of sp³-hybridized carbons (Fsp3) is 0.450. The maximum atomic E-state index is 12.2. The number of rotatable bonds is 9. The van der Waals surface area contributed by atoms with Crippen molar-refractivity contribution in [1.82, 2.24) is 9.71 Å². The summed E-state index contributed by atoms with van der Waals surface area (Å²) >= 11 is 0. The predicted octanol–water partition coefficient (Wildman–Crippen LogP) is 3.55. The van der Waals surface area contributed by atoms with Gasteiger partial charge in [-0.25, -0.2) is 18.1 Å². The molecule has 0 aliphatic rings. The largest absolute Gasteiger partial charge is 0.496 e. The van der Waals surface area contributed by atoms with Crippen LogP contribution in [-0.4, -0.2) is 32.9 Å². The Labute approximate surface area is 162 Å². The van der Waals surface area contributed by atoms with E-state index in [1.54, 1.807) is 34.3 Å². The number of nitrogens with one attached hydrogen (secondary N) is 1. The molecule has 7 heteroatoms. The molecule has 1 aromatic carbocycles. The van der Waals surface area contributed by atoms with Crippen LogP contribution in [0.3, 0.4) is 0 Å². The summed E-state index contributed by atoms with van der Waals surface area (Å²) in [7, 11) is -0.190. The Balaban J connectivity index is 2.59. The molecule has 0 saturated carbocycles. The van der Waals surface area contributed by atoms with E-state index in [0.717, 1.165) is 40.8 Å². The van der Waals surface area contributed by atoms with Crippen LogP contribution in [0.15, 0.2) is 30.5 Å². The zero-order chi connectivity index (χ0) is 20.0. The fourth-order valence-electron chi connectivity index (χ4n) is 2.82. The topological polar surface area (TPSA) is 77.5 Å². The highest BCUT2D eigenvalue weighted by Gasteiger charge is 2.19. The van der Waals surface area contributed by atoms with Crippen molar-refractivity contribution in [1.29, 1.82) is 0 Å². The van der Waals surface area contributed by atoms with Gasteiger partial charge in [0, 0.05) is 18.3 Å². The Morgan fingerprint density at radius 3 is 2.44 bits per heavy atom. The normalized spacial score (nSPS) is 11.6. The lowest BCUT2D eigenvalue weighted by molar-refractivity contribution is 0.399. The van der Waals surface area contributed by atoms with Crippen molar-refractivity contribution in [3.05, 3.63) is 41.6 Å². The summed E-state index contributed by atoms with van der Waals surface area (Å²) in [6.07, 6.45) is 3.50. The minimum absolute atomic E-state index is 0.163. The van der Waals surface area contributed by atoms with Crippen LogP contribution in [0.1, 0.15) is 38.3 Å². The Morgan fingerprint density at radius 1 is 1.11 bits per heavy atom. The molecule has 2 aromatic rings. The molecule has 0 spiro atoms. The van der Waals surface area contributed by atoms with Crippen molar-refractivity contribution in [2.75, 3.05) is 14.2 Å². The first kappa shape index (κ1) is 21.2. The van der Waals surface area contributed by atoms with Gasteiger partial charge >= 0.3 is 0 Å². The van der Waals surface area contributed by atoms with Gasteiger partial charge in [0.2, 0.25) is 15.9 Å². The van der Waals surface area contributed by atoms with Crippen LogP contribution in [0.2, 0.25) is 0 Å². The molecule has 0 amide bonds. The minimum Gasteiger partial charge on any atom is -0.496 e. The molecule has 27 heavy (non-hydrogen) atoms. The number of hydrogen-bond donors (Lipinski definition) is 1. The summed E-state index contributed by atoms with van der Waals surface area (Å²) < 4.78 is 38.1. The molecule has 1 N–H and O–H groups in total. The highest BCUT2D eigenvalue weighted by molar-refractivity contribution is 7.90. The van der Waals surface area contributed by atoms with Crippen molar-refractivity contribution in [3.63, 3.8) is 0 Å². The standard InChI is InChI=1S/C20H28N2O4S/c1-6-8-15-11-18(17-9-7-10-21-20(17)26-5)16(12-19(15)25-4)13-22-27(23,24)14(2)3/h7,9-12,14,22H,6,8,13H2,1-5H3. The van der Waals surface area contributed by atoms with Gasteiger partial charge < -0.3 is 9.47 Å².